The molecule has 5 rings (SSSR count). The van der Waals surface area contributed by atoms with Crippen LogP contribution in [0.5, 0.6) is 0 Å². The number of epoxide rings is 1. The zero-order valence-corrected chi connectivity index (χ0v) is 16.3. The number of hydrogen-bond donors (Lipinski definition) is 0. The fourth-order valence-electron chi connectivity index (χ4n) is 3.75. The summed E-state index contributed by atoms with van der Waals surface area (Å²) in [7, 11) is 0. The summed E-state index contributed by atoms with van der Waals surface area (Å²) in [6.07, 6.45) is 3.25. The van der Waals surface area contributed by atoms with E-state index in [2.05, 4.69) is 50.0 Å². The van der Waals surface area contributed by atoms with E-state index in [-0.39, 0.29) is 0 Å². The first-order valence-electron chi connectivity index (χ1n) is 9.54. The van der Waals surface area contributed by atoms with E-state index in [0.717, 1.165) is 59.1 Å². The number of benzene rings is 1. The lowest BCUT2D eigenvalue weighted by Crippen LogP contribution is -2.03. The van der Waals surface area contributed by atoms with Crippen LogP contribution >= 0.6 is 0 Å². The molecule has 1 saturated heterocycles. The van der Waals surface area contributed by atoms with Gasteiger partial charge in [0.2, 0.25) is 0 Å². The summed E-state index contributed by atoms with van der Waals surface area (Å²) in [5.41, 5.74) is 7.21. The zero-order valence-electron chi connectivity index (χ0n) is 16.3. The van der Waals surface area contributed by atoms with Crippen molar-refractivity contribution in [1.82, 2.24) is 19.7 Å². The molecule has 142 valence electrons. The quantitative estimate of drug-likeness (QED) is 0.494. The number of aryl methyl sites for hydroxylation is 3. The maximum atomic E-state index is 5.32. The molecule has 1 unspecified atom stereocenters. The minimum absolute atomic E-state index is 0.418. The van der Waals surface area contributed by atoms with Crippen LogP contribution in [0.3, 0.4) is 0 Å². The Hall–Kier alpha value is -2.99. The van der Waals surface area contributed by atoms with Crippen molar-refractivity contribution in [3.05, 3.63) is 64.9 Å². The number of ether oxygens (including phenoxy) is 1. The third-order valence-corrected chi connectivity index (χ3v) is 5.34. The van der Waals surface area contributed by atoms with Gasteiger partial charge in [0.25, 0.3) is 0 Å². The Morgan fingerprint density at radius 2 is 1.86 bits per heavy atom. The normalized spacial score (nSPS) is 16.0. The summed E-state index contributed by atoms with van der Waals surface area (Å²) in [4.78, 5) is 9.28. The molecule has 0 bridgehead atoms. The molecule has 1 fully saturated rings. The van der Waals surface area contributed by atoms with Crippen LogP contribution in [0.2, 0.25) is 0 Å². The zero-order chi connectivity index (χ0) is 19.3. The fraction of sp³-hybridized carbons (Fsp3) is 0.318. The Morgan fingerprint density at radius 3 is 2.54 bits per heavy atom. The number of nitrogens with zero attached hydrogens (tertiary/aromatic N) is 4. The van der Waals surface area contributed by atoms with Gasteiger partial charge in [0.1, 0.15) is 17.1 Å². The van der Waals surface area contributed by atoms with E-state index in [9.17, 15) is 0 Å². The van der Waals surface area contributed by atoms with Gasteiger partial charge in [-0.2, -0.15) is 0 Å². The number of imidazole rings is 1. The lowest BCUT2D eigenvalue weighted by Gasteiger charge is -2.09. The molecule has 0 N–H and O–H groups in total. The molecule has 1 aliphatic heterocycles. The number of aromatic nitrogens is 4. The molecular weight excluding hydrogens is 352 g/mol. The molecule has 0 amide bonds. The van der Waals surface area contributed by atoms with Gasteiger partial charge in [0.05, 0.1) is 41.4 Å². The Bertz CT molecular complexity index is 1130. The van der Waals surface area contributed by atoms with Crippen LogP contribution in [0.25, 0.3) is 22.3 Å². The van der Waals surface area contributed by atoms with Crippen LogP contribution in [0, 0.1) is 20.8 Å². The van der Waals surface area contributed by atoms with Crippen LogP contribution in [-0.2, 0) is 17.7 Å². The molecule has 6 heteroatoms. The standard InChI is InChI=1S/C22H22N4O2/c1-13-22(14(2)28-25-13)19-9-21-20(10-23-19)24-15(3)26(21)11-17-6-4-16(5-7-17)8-18-12-27-18/h4-7,9-10,18H,8,11-12H2,1-3H3. The molecular formula is C22H22N4O2. The van der Waals surface area contributed by atoms with Crippen LogP contribution in [0.15, 0.2) is 41.1 Å². The summed E-state index contributed by atoms with van der Waals surface area (Å²) >= 11 is 0. The Balaban J connectivity index is 1.49. The van der Waals surface area contributed by atoms with Crippen molar-refractivity contribution in [2.75, 3.05) is 6.61 Å². The van der Waals surface area contributed by atoms with Crippen LogP contribution < -0.4 is 0 Å². The Kier molecular flexibility index (Phi) is 4.02. The van der Waals surface area contributed by atoms with Crippen molar-refractivity contribution in [3.8, 4) is 11.3 Å². The predicted octanol–water partition coefficient (Wildman–Crippen LogP) is 4.00. The van der Waals surface area contributed by atoms with Gasteiger partial charge in [-0.15, -0.1) is 0 Å². The Morgan fingerprint density at radius 1 is 1.11 bits per heavy atom. The van der Waals surface area contributed by atoms with E-state index in [1.165, 1.54) is 11.1 Å². The highest BCUT2D eigenvalue weighted by molar-refractivity contribution is 5.81. The van der Waals surface area contributed by atoms with Gasteiger partial charge in [-0.05, 0) is 38.0 Å². The monoisotopic (exact) mass is 374 g/mol. The lowest BCUT2D eigenvalue weighted by atomic mass is 10.1. The minimum atomic E-state index is 0.418. The fourth-order valence-corrected chi connectivity index (χ4v) is 3.75. The highest BCUT2D eigenvalue weighted by Gasteiger charge is 2.22. The first-order valence-corrected chi connectivity index (χ1v) is 9.54. The lowest BCUT2D eigenvalue weighted by molar-refractivity contribution is 0.393. The van der Waals surface area contributed by atoms with Crippen molar-refractivity contribution < 1.29 is 9.26 Å². The molecule has 0 spiro atoms. The van der Waals surface area contributed by atoms with Crippen molar-refractivity contribution in [1.29, 1.82) is 0 Å². The van der Waals surface area contributed by atoms with Gasteiger partial charge in [0.15, 0.2) is 0 Å². The van der Waals surface area contributed by atoms with E-state index in [1.54, 1.807) is 0 Å². The minimum Gasteiger partial charge on any atom is -0.373 e. The maximum Gasteiger partial charge on any atom is 0.143 e. The average Bonchev–Trinajstić information content (AvgIpc) is 3.37. The van der Waals surface area contributed by atoms with E-state index >= 15 is 0 Å². The molecule has 6 nitrogen and oxygen atoms in total. The summed E-state index contributed by atoms with van der Waals surface area (Å²) < 4.78 is 12.9. The van der Waals surface area contributed by atoms with Crippen LogP contribution in [-0.4, -0.2) is 32.4 Å². The van der Waals surface area contributed by atoms with Gasteiger partial charge >= 0.3 is 0 Å². The summed E-state index contributed by atoms with van der Waals surface area (Å²) in [6, 6.07) is 10.9. The molecule has 0 aliphatic carbocycles. The van der Waals surface area contributed by atoms with E-state index in [0.29, 0.717) is 6.10 Å². The van der Waals surface area contributed by atoms with Crippen molar-refractivity contribution in [2.45, 2.75) is 39.8 Å². The highest BCUT2D eigenvalue weighted by atomic mass is 16.6. The third kappa shape index (κ3) is 3.10. The summed E-state index contributed by atoms with van der Waals surface area (Å²) in [5.74, 6) is 1.76. The molecule has 1 aromatic carbocycles. The van der Waals surface area contributed by atoms with Gasteiger partial charge in [-0.1, -0.05) is 29.4 Å². The maximum absolute atomic E-state index is 5.32. The largest absolute Gasteiger partial charge is 0.373 e. The number of rotatable bonds is 5. The summed E-state index contributed by atoms with van der Waals surface area (Å²) in [5, 5.41) is 4.05. The van der Waals surface area contributed by atoms with E-state index < -0.39 is 0 Å². The van der Waals surface area contributed by atoms with Gasteiger partial charge < -0.3 is 13.8 Å². The first-order chi connectivity index (χ1) is 13.6. The second-order valence-electron chi connectivity index (χ2n) is 7.48. The molecule has 4 heterocycles. The van der Waals surface area contributed by atoms with Crippen molar-refractivity contribution >= 4 is 11.0 Å². The summed E-state index contributed by atoms with van der Waals surface area (Å²) in [6.45, 7) is 7.55. The van der Waals surface area contributed by atoms with Crippen molar-refractivity contribution in [2.24, 2.45) is 0 Å². The smallest absolute Gasteiger partial charge is 0.143 e. The van der Waals surface area contributed by atoms with Gasteiger partial charge in [-0.3, -0.25) is 4.98 Å². The average molecular weight is 374 g/mol. The number of hydrogen-bond acceptors (Lipinski definition) is 5. The second kappa shape index (κ2) is 6.56. The predicted molar refractivity (Wildman–Crippen MR) is 106 cm³/mol. The van der Waals surface area contributed by atoms with E-state index in [1.807, 2.05) is 27.0 Å². The van der Waals surface area contributed by atoms with E-state index in [4.69, 9.17) is 9.26 Å². The number of fused-ring (bicyclic) bond motifs is 1. The highest BCUT2D eigenvalue weighted by Crippen LogP contribution is 2.28. The Labute approximate surface area is 163 Å². The third-order valence-electron chi connectivity index (χ3n) is 5.34. The molecule has 0 saturated carbocycles. The molecule has 3 aromatic heterocycles. The van der Waals surface area contributed by atoms with Crippen LogP contribution in [0.1, 0.15) is 28.4 Å². The molecule has 1 aliphatic rings. The van der Waals surface area contributed by atoms with Gasteiger partial charge in [-0.25, -0.2) is 4.98 Å². The van der Waals surface area contributed by atoms with Gasteiger partial charge in [0, 0.05) is 13.0 Å². The van der Waals surface area contributed by atoms with Crippen LogP contribution in [0.4, 0.5) is 0 Å². The van der Waals surface area contributed by atoms with Crippen molar-refractivity contribution in [3.63, 3.8) is 0 Å². The molecule has 0 radical (unpaired) electrons. The SMILES string of the molecule is Cc1noc(C)c1-c1cc2c(cn1)nc(C)n2Cc1ccc(CC2CO2)cc1. The number of pyridine rings is 1. The molecule has 1 atom stereocenters. The molecule has 28 heavy (non-hydrogen) atoms. The second-order valence-corrected chi connectivity index (χ2v) is 7.48. The topological polar surface area (TPSA) is 69.3 Å². The first kappa shape index (κ1) is 17.1. The molecule has 4 aromatic rings.